The number of aliphatic hydroxyl groups excluding tert-OH is 1. The molecule has 4 nitrogen and oxygen atoms in total. The Balaban J connectivity index is 3.56. The first kappa shape index (κ1) is 22.1. The highest BCUT2D eigenvalue weighted by atomic mass is 16.2. The second kappa shape index (κ2) is 17.5. The van der Waals surface area contributed by atoms with Gasteiger partial charge >= 0.3 is 0 Å². The molecule has 0 saturated heterocycles. The van der Waals surface area contributed by atoms with Crippen LogP contribution < -0.4 is 5.32 Å². The molecule has 0 bridgehead atoms. The van der Waals surface area contributed by atoms with E-state index >= 15 is 0 Å². The first-order valence-corrected chi connectivity index (χ1v) is 9.49. The Bertz CT molecular complexity index is 293. The average Bonchev–Trinajstić information content (AvgIpc) is 2.56. The Morgan fingerprint density at radius 2 is 1.70 bits per heavy atom. The van der Waals surface area contributed by atoms with Gasteiger partial charge in [-0.25, -0.2) is 0 Å². The summed E-state index contributed by atoms with van der Waals surface area (Å²) in [5.41, 5.74) is 0. The first-order chi connectivity index (χ1) is 11.2. The number of aliphatic hydroxyl groups is 1. The molecule has 0 radical (unpaired) electrons. The van der Waals surface area contributed by atoms with Gasteiger partial charge in [-0.3, -0.25) is 9.69 Å². The van der Waals surface area contributed by atoms with Crippen LogP contribution in [-0.2, 0) is 4.79 Å². The van der Waals surface area contributed by atoms with Crippen LogP contribution in [0.5, 0.6) is 0 Å². The number of hydrogen-bond donors (Lipinski definition) is 2. The molecule has 0 aromatic heterocycles. The highest BCUT2D eigenvalue weighted by Gasteiger charge is 2.05. The highest BCUT2D eigenvalue weighted by Crippen LogP contribution is 2.06. The van der Waals surface area contributed by atoms with Crippen LogP contribution in [0.1, 0.15) is 78.1 Å². The van der Waals surface area contributed by atoms with Crippen LogP contribution in [0.4, 0.5) is 0 Å². The number of nitrogens with one attached hydrogen (secondary N) is 1. The van der Waals surface area contributed by atoms with Gasteiger partial charge in [-0.05, 0) is 45.2 Å². The number of amides is 1. The van der Waals surface area contributed by atoms with E-state index in [2.05, 4.69) is 36.2 Å². The maximum absolute atomic E-state index is 11.8. The molecule has 136 valence electrons. The van der Waals surface area contributed by atoms with Crippen LogP contribution in [0.2, 0.25) is 0 Å². The van der Waals surface area contributed by atoms with E-state index in [9.17, 15) is 4.79 Å². The predicted octanol–water partition coefficient (Wildman–Crippen LogP) is 3.85. The Morgan fingerprint density at radius 1 is 1.00 bits per heavy atom. The van der Waals surface area contributed by atoms with Crippen molar-refractivity contribution in [3.8, 4) is 0 Å². The maximum Gasteiger partial charge on any atom is 0.221 e. The zero-order valence-corrected chi connectivity index (χ0v) is 15.4. The van der Waals surface area contributed by atoms with Gasteiger partial charge in [0.2, 0.25) is 5.91 Å². The summed E-state index contributed by atoms with van der Waals surface area (Å²) in [6.07, 6.45) is 14.9. The summed E-state index contributed by atoms with van der Waals surface area (Å²) in [5.74, 6) is 0.164. The molecule has 0 aromatic carbocycles. The van der Waals surface area contributed by atoms with Crippen LogP contribution in [-0.4, -0.2) is 42.3 Å². The van der Waals surface area contributed by atoms with Crippen LogP contribution in [0.3, 0.4) is 0 Å². The number of unbranched alkanes of at least 4 members (excludes halogenated alkanes) is 6. The summed E-state index contributed by atoms with van der Waals surface area (Å²) in [4.78, 5) is 14.1. The zero-order chi connectivity index (χ0) is 17.2. The lowest BCUT2D eigenvalue weighted by Gasteiger charge is -2.20. The van der Waals surface area contributed by atoms with E-state index in [1.807, 2.05) is 0 Å². The van der Waals surface area contributed by atoms with Gasteiger partial charge in [0.15, 0.2) is 0 Å². The van der Waals surface area contributed by atoms with Crippen molar-refractivity contribution in [3.05, 3.63) is 12.2 Å². The summed E-state index contributed by atoms with van der Waals surface area (Å²) in [6, 6.07) is 0. The molecule has 0 spiro atoms. The number of carbonyl (C=O) groups is 1. The number of hydrogen-bond acceptors (Lipinski definition) is 3. The van der Waals surface area contributed by atoms with Crippen molar-refractivity contribution in [1.82, 2.24) is 10.2 Å². The van der Waals surface area contributed by atoms with E-state index in [1.165, 1.54) is 25.7 Å². The van der Waals surface area contributed by atoms with Crippen LogP contribution in [0.25, 0.3) is 0 Å². The molecule has 0 aliphatic heterocycles. The van der Waals surface area contributed by atoms with Gasteiger partial charge in [0.1, 0.15) is 0 Å². The van der Waals surface area contributed by atoms with E-state index in [0.717, 1.165) is 45.2 Å². The summed E-state index contributed by atoms with van der Waals surface area (Å²) >= 11 is 0. The van der Waals surface area contributed by atoms with E-state index in [1.54, 1.807) is 0 Å². The Kier molecular flexibility index (Phi) is 16.8. The molecule has 0 heterocycles. The molecule has 0 aliphatic carbocycles. The van der Waals surface area contributed by atoms with Crippen molar-refractivity contribution in [1.29, 1.82) is 0 Å². The predicted molar refractivity (Wildman–Crippen MR) is 98.3 cm³/mol. The van der Waals surface area contributed by atoms with Crippen molar-refractivity contribution in [3.63, 3.8) is 0 Å². The second-order valence-corrected chi connectivity index (χ2v) is 6.09. The third-order valence-electron chi connectivity index (χ3n) is 4.01. The molecule has 0 aliphatic rings. The maximum atomic E-state index is 11.8. The van der Waals surface area contributed by atoms with Crippen molar-refractivity contribution in [2.45, 2.75) is 78.1 Å². The van der Waals surface area contributed by atoms with Crippen molar-refractivity contribution >= 4 is 5.91 Å². The molecule has 0 rings (SSSR count). The number of allylic oxidation sites excluding steroid dienone is 2. The van der Waals surface area contributed by atoms with Gasteiger partial charge in [0, 0.05) is 13.0 Å². The normalized spacial score (nSPS) is 11.5. The number of rotatable bonds is 16. The first-order valence-electron chi connectivity index (χ1n) is 9.49. The lowest BCUT2D eigenvalue weighted by atomic mass is 10.1. The van der Waals surface area contributed by atoms with Crippen molar-refractivity contribution in [2.75, 3.05) is 26.4 Å². The fraction of sp³-hybridized carbons (Fsp3) is 0.842. The fourth-order valence-corrected chi connectivity index (χ4v) is 2.46. The second-order valence-electron chi connectivity index (χ2n) is 6.09. The SMILES string of the molecule is CC/C=C/CCCC(=O)NCN(CC)CCCCCCCCO. The van der Waals surface area contributed by atoms with Gasteiger partial charge in [-0.2, -0.15) is 0 Å². The lowest BCUT2D eigenvalue weighted by molar-refractivity contribution is -0.121. The fourth-order valence-electron chi connectivity index (χ4n) is 2.46. The van der Waals surface area contributed by atoms with Gasteiger partial charge in [0.05, 0.1) is 6.67 Å². The van der Waals surface area contributed by atoms with Crippen molar-refractivity contribution < 1.29 is 9.90 Å². The minimum Gasteiger partial charge on any atom is -0.396 e. The minimum atomic E-state index is 0.164. The Labute approximate surface area is 143 Å². The molecule has 4 heteroatoms. The molecular formula is C19H38N2O2. The molecule has 0 unspecified atom stereocenters. The van der Waals surface area contributed by atoms with E-state index < -0.39 is 0 Å². The van der Waals surface area contributed by atoms with Gasteiger partial charge < -0.3 is 10.4 Å². The smallest absolute Gasteiger partial charge is 0.221 e. The summed E-state index contributed by atoms with van der Waals surface area (Å²) in [5, 5.41) is 11.8. The van der Waals surface area contributed by atoms with Gasteiger partial charge in [-0.1, -0.05) is 51.7 Å². The molecule has 0 fully saturated rings. The lowest BCUT2D eigenvalue weighted by Crippen LogP contribution is -2.38. The number of carbonyl (C=O) groups excluding carboxylic acids is 1. The Morgan fingerprint density at radius 3 is 2.35 bits per heavy atom. The van der Waals surface area contributed by atoms with Crippen molar-refractivity contribution in [2.24, 2.45) is 0 Å². The number of nitrogens with zero attached hydrogens (tertiary/aromatic N) is 1. The van der Waals surface area contributed by atoms with E-state index in [-0.39, 0.29) is 5.91 Å². The topological polar surface area (TPSA) is 52.6 Å². The molecule has 23 heavy (non-hydrogen) atoms. The average molecular weight is 327 g/mol. The van der Waals surface area contributed by atoms with Gasteiger partial charge in [-0.15, -0.1) is 0 Å². The van der Waals surface area contributed by atoms with E-state index in [0.29, 0.717) is 19.7 Å². The summed E-state index contributed by atoms with van der Waals surface area (Å²) < 4.78 is 0. The molecule has 0 aromatic rings. The standard InChI is InChI=1S/C19H38N2O2/c1-3-5-6-9-12-15-19(23)20-18-21(4-2)16-13-10-7-8-11-14-17-22/h5-6,22H,3-4,7-18H2,1-2H3,(H,20,23)/b6-5+. The largest absolute Gasteiger partial charge is 0.396 e. The van der Waals surface area contributed by atoms with Crippen LogP contribution in [0, 0.1) is 0 Å². The summed E-state index contributed by atoms with van der Waals surface area (Å²) in [7, 11) is 0. The van der Waals surface area contributed by atoms with Crippen LogP contribution in [0.15, 0.2) is 12.2 Å². The Hall–Kier alpha value is -0.870. The molecule has 0 saturated carbocycles. The highest BCUT2D eigenvalue weighted by molar-refractivity contribution is 5.75. The molecular weight excluding hydrogens is 288 g/mol. The molecule has 2 N–H and O–H groups in total. The third kappa shape index (κ3) is 15.8. The third-order valence-corrected chi connectivity index (χ3v) is 4.01. The minimum absolute atomic E-state index is 0.164. The zero-order valence-electron chi connectivity index (χ0n) is 15.4. The molecule has 0 atom stereocenters. The van der Waals surface area contributed by atoms with Crippen LogP contribution >= 0.6 is 0 Å². The quantitative estimate of drug-likeness (QED) is 0.257. The monoisotopic (exact) mass is 326 g/mol. The van der Waals surface area contributed by atoms with E-state index in [4.69, 9.17) is 5.11 Å². The molecule has 1 amide bonds. The van der Waals surface area contributed by atoms with Gasteiger partial charge in [0.25, 0.3) is 0 Å². The summed E-state index contributed by atoms with van der Waals surface area (Å²) in [6.45, 7) is 7.28.